The average Bonchev–Trinajstić information content (AvgIpc) is 3.05. The van der Waals surface area contributed by atoms with Gasteiger partial charge in [-0.25, -0.2) is 0 Å². The summed E-state index contributed by atoms with van der Waals surface area (Å²) in [6.45, 7) is 0. The van der Waals surface area contributed by atoms with Gasteiger partial charge in [0.25, 0.3) is 0 Å². The van der Waals surface area contributed by atoms with Crippen LogP contribution >= 0.6 is 0 Å². The average molecular weight is 239 g/mol. The molecule has 3 aliphatic rings. The molecule has 0 N–H and O–H groups in total. The van der Waals surface area contributed by atoms with Gasteiger partial charge in [-0.2, -0.15) is 0 Å². The summed E-state index contributed by atoms with van der Waals surface area (Å²) in [5.41, 5.74) is 0.710. The molecule has 4 atom stereocenters. The van der Waals surface area contributed by atoms with E-state index in [9.17, 15) is 9.59 Å². The highest BCUT2D eigenvalue weighted by Gasteiger charge is 2.59. The van der Waals surface area contributed by atoms with Crippen LogP contribution in [0.3, 0.4) is 0 Å². The molecule has 4 rings (SSSR count). The van der Waals surface area contributed by atoms with Crippen molar-refractivity contribution in [2.45, 2.75) is 6.42 Å². The van der Waals surface area contributed by atoms with Crippen molar-refractivity contribution in [3.63, 3.8) is 0 Å². The molecule has 1 saturated carbocycles. The molecular weight excluding hydrogens is 226 g/mol. The molecule has 2 aliphatic carbocycles. The second kappa shape index (κ2) is 3.31. The van der Waals surface area contributed by atoms with Crippen molar-refractivity contribution in [3.8, 4) is 0 Å². The number of nitrogens with zero attached hydrogens (tertiary/aromatic N) is 1. The summed E-state index contributed by atoms with van der Waals surface area (Å²) in [5, 5.41) is 0. The summed E-state index contributed by atoms with van der Waals surface area (Å²) in [6, 6.07) is 9.26. The lowest BCUT2D eigenvalue weighted by Crippen LogP contribution is -2.32. The van der Waals surface area contributed by atoms with Crippen LogP contribution in [0.5, 0.6) is 0 Å². The SMILES string of the molecule is O=C1[C@@H]2[C@@H](C(=O)N1c1ccccc1)[C@@H]1C=C[C@@H]2C1. The van der Waals surface area contributed by atoms with Crippen LogP contribution in [0, 0.1) is 23.7 Å². The Morgan fingerprint density at radius 3 is 2.00 bits per heavy atom. The number of amides is 2. The first-order valence-electron chi connectivity index (χ1n) is 6.38. The van der Waals surface area contributed by atoms with E-state index in [0.717, 1.165) is 6.42 Å². The number of hydrogen-bond acceptors (Lipinski definition) is 2. The number of rotatable bonds is 1. The van der Waals surface area contributed by atoms with Gasteiger partial charge in [-0.1, -0.05) is 30.4 Å². The van der Waals surface area contributed by atoms with Gasteiger partial charge in [0.15, 0.2) is 0 Å². The number of benzene rings is 1. The van der Waals surface area contributed by atoms with Crippen LogP contribution < -0.4 is 4.90 Å². The molecule has 2 bridgehead atoms. The lowest BCUT2D eigenvalue weighted by Gasteiger charge is -2.16. The maximum Gasteiger partial charge on any atom is 0.238 e. The molecule has 1 saturated heterocycles. The van der Waals surface area contributed by atoms with Crippen LogP contribution in [0.25, 0.3) is 0 Å². The summed E-state index contributed by atoms with van der Waals surface area (Å²) < 4.78 is 0. The summed E-state index contributed by atoms with van der Waals surface area (Å²) in [6.07, 6.45) is 5.21. The van der Waals surface area contributed by atoms with Crippen molar-refractivity contribution in [2.24, 2.45) is 23.7 Å². The third-order valence-electron chi connectivity index (χ3n) is 4.48. The van der Waals surface area contributed by atoms with Crippen LogP contribution in [-0.4, -0.2) is 11.8 Å². The quantitative estimate of drug-likeness (QED) is 0.555. The molecule has 1 aromatic rings. The van der Waals surface area contributed by atoms with E-state index >= 15 is 0 Å². The Morgan fingerprint density at radius 1 is 0.889 bits per heavy atom. The molecule has 2 amide bonds. The maximum absolute atomic E-state index is 12.5. The molecule has 18 heavy (non-hydrogen) atoms. The van der Waals surface area contributed by atoms with E-state index in [2.05, 4.69) is 12.2 Å². The summed E-state index contributed by atoms with van der Waals surface area (Å²) in [7, 11) is 0. The lowest BCUT2D eigenvalue weighted by atomic mass is 9.85. The van der Waals surface area contributed by atoms with Gasteiger partial charge in [-0.3, -0.25) is 14.5 Å². The minimum absolute atomic E-state index is 0.00644. The number of hydrogen-bond donors (Lipinski definition) is 0. The third kappa shape index (κ3) is 1.09. The van der Waals surface area contributed by atoms with Crippen molar-refractivity contribution < 1.29 is 9.59 Å². The first-order chi connectivity index (χ1) is 8.77. The van der Waals surface area contributed by atoms with Gasteiger partial charge in [0, 0.05) is 0 Å². The van der Waals surface area contributed by atoms with Crippen LogP contribution in [0.1, 0.15) is 6.42 Å². The minimum atomic E-state index is -0.104. The number of allylic oxidation sites excluding steroid dienone is 2. The molecule has 3 heteroatoms. The van der Waals surface area contributed by atoms with E-state index in [0.29, 0.717) is 5.69 Å². The fourth-order valence-corrected chi connectivity index (χ4v) is 3.73. The lowest BCUT2D eigenvalue weighted by molar-refractivity contribution is -0.123. The molecule has 1 heterocycles. The number of carbonyl (C=O) groups is 2. The van der Waals surface area contributed by atoms with Crippen molar-refractivity contribution in [1.82, 2.24) is 0 Å². The molecule has 0 spiro atoms. The van der Waals surface area contributed by atoms with Crippen molar-refractivity contribution in [1.29, 1.82) is 0 Å². The molecule has 0 radical (unpaired) electrons. The third-order valence-corrected chi connectivity index (χ3v) is 4.48. The largest absolute Gasteiger partial charge is 0.274 e. The van der Waals surface area contributed by atoms with Gasteiger partial charge in [0.05, 0.1) is 17.5 Å². The van der Waals surface area contributed by atoms with Crippen molar-refractivity contribution >= 4 is 17.5 Å². The van der Waals surface area contributed by atoms with Crippen LogP contribution in [0.4, 0.5) is 5.69 Å². The first-order valence-corrected chi connectivity index (χ1v) is 6.38. The zero-order valence-corrected chi connectivity index (χ0v) is 9.82. The number of fused-ring (bicyclic) bond motifs is 5. The highest BCUT2D eigenvalue weighted by atomic mass is 16.2. The molecule has 3 nitrogen and oxygen atoms in total. The van der Waals surface area contributed by atoms with Crippen LogP contribution in [0.15, 0.2) is 42.5 Å². The fraction of sp³-hybridized carbons (Fsp3) is 0.333. The standard InChI is InChI=1S/C15H13NO2/c17-14-12-9-6-7-10(8-9)13(12)15(18)16(14)11-4-2-1-3-5-11/h1-7,9-10,12-13H,8H2/t9-,10-,12+,13+/m1/s1. The summed E-state index contributed by atoms with van der Waals surface area (Å²) in [4.78, 5) is 26.3. The van der Waals surface area contributed by atoms with E-state index < -0.39 is 0 Å². The summed E-state index contributed by atoms with van der Waals surface area (Å²) in [5.74, 6) is 0.344. The second-order valence-corrected chi connectivity index (χ2v) is 5.35. The van der Waals surface area contributed by atoms with Crippen LogP contribution in [-0.2, 0) is 9.59 Å². The van der Waals surface area contributed by atoms with Gasteiger partial charge in [-0.15, -0.1) is 0 Å². The van der Waals surface area contributed by atoms with Gasteiger partial charge < -0.3 is 0 Å². The topological polar surface area (TPSA) is 37.4 Å². The summed E-state index contributed by atoms with van der Waals surface area (Å²) >= 11 is 0. The predicted octanol–water partition coefficient (Wildman–Crippen LogP) is 2.00. The molecule has 90 valence electrons. The monoisotopic (exact) mass is 239 g/mol. The van der Waals surface area contributed by atoms with Crippen molar-refractivity contribution in [3.05, 3.63) is 42.5 Å². The fourth-order valence-electron chi connectivity index (χ4n) is 3.73. The normalized spacial score (nSPS) is 36.6. The molecule has 1 aromatic carbocycles. The van der Waals surface area contributed by atoms with E-state index in [4.69, 9.17) is 0 Å². The Kier molecular flexibility index (Phi) is 1.85. The van der Waals surface area contributed by atoms with Gasteiger partial charge in [0.1, 0.15) is 0 Å². The van der Waals surface area contributed by atoms with E-state index in [1.54, 1.807) is 0 Å². The zero-order valence-electron chi connectivity index (χ0n) is 9.82. The van der Waals surface area contributed by atoms with Gasteiger partial charge in [-0.05, 0) is 30.4 Å². The smallest absolute Gasteiger partial charge is 0.238 e. The van der Waals surface area contributed by atoms with E-state index in [-0.39, 0.29) is 35.5 Å². The molecule has 0 unspecified atom stereocenters. The van der Waals surface area contributed by atoms with Gasteiger partial charge >= 0.3 is 0 Å². The Morgan fingerprint density at radius 2 is 1.44 bits per heavy atom. The van der Waals surface area contributed by atoms with Gasteiger partial charge in [0.2, 0.25) is 11.8 Å². The number of para-hydroxylation sites is 1. The highest BCUT2D eigenvalue weighted by molar-refractivity contribution is 6.22. The molecule has 0 aromatic heterocycles. The number of anilines is 1. The molecule has 2 fully saturated rings. The van der Waals surface area contributed by atoms with Crippen LogP contribution in [0.2, 0.25) is 0 Å². The Balaban J connectivity index is 1.77. The Bertz CT molecular complexity index is 533. The molecular formula is C15H13NO2. The van der Waals surface area contributed by atoms with E-state index in [1.165, 1.54) is 4.90 Å². The minimum Gasteiger partial charge on any atom is -0.274 e. The first kappa shape index (κ1) is 10.1. The number of carbonyl (C=O) groups excluding carboxylic acids is 2. The Labute approximate surface area is 105 Å². The Hall–Kier alpha value is -1.90. The van der Waals surface area contributed by atoms with E-state index in [1.807, 2.05) is 30.3 Å². The maximum atomic E-state index is 12.5. The zero-order chi connectivity index (χ0) is 12.3. The second-order valence-electron chi connectivity index (χ2n) is 5.35. The highest BCUT2D eigenvalue weighted by Crippen LogP contribution is 2.53. The van der Waals surface area contributed by atoms with Crippen molar-refractivity contribution in [2.75, 3.05) is 4.90 Å². The molecule has 1 aliphatic heterocycles. The predicted molar refractivity (Wildman–Crippen MR) is 66.7 cm³/mol. The number of imide groups is 1.